The number of hydrogen-bond acceptors (Lipinski definition) is 9. The van der Waals surface area contributed by atoms with E-state index in [-0.39, 0.29) is 29.3 Å². The van der Waals surface area contributed by atoms with Gasteiger partial charge in [-0.15, -0.1) is 10.2 Å². The number of carbonyl (C=O) groups excluding carboxylic acids is 2. The van der Waals surface area contributed by atoms with Gasteiger partial charge in [0.15, 0.2) is 17.3 Å². The second-order valence-corrected chi connectivity index (χ2v) is 9.91. The lowest BCUT2D eigenvalue weighted by Gasteiger charge is -2.37. The molecule has 0 spiro atoms. The zero-order chi connectivity index (χ0) is 26.0. The van der Waals surface area contributed by atoms with Gasteiger partial charge in [0.05, 0.1) is 17.5 Å². The van der Waals surface area contributed by atoms with Crippen molar-refractivity contribution in [3.8, 4) is 0 Å². The Bertz CT molecular complexity index is 1250. The average Bonchev–Trinajstić information content (AvgIpc) is 3.24. The fourth-order valence-electron chi connectivity index (χ4n) is 4.39. The summed E-state index contributed by atoms with van der Waals surface area (Å²) >= 11 is 0. The molecule has 0 aliphatic carbocycles. The van der Waals surface area contributed by atoms with Gasteiger partial charge in [0.2, 0.25) is 5.95 Å². The lowest BCUT2D eigenvalue weighted by molar-refractivity contribution is 0.0784. The maximum absolute atomic E-state index is 13.0. The van der Waals surface area contributed by atoms with Crippen LogP contribution in [0.4, 0.5) is 17.5 Å². The number of benzene rings is 1. The van der Waals surface area contributed by atoms with Crippen molar-refractivity contribution in [1.29, 1.82) is 0 Å². The molecule has 1 fully saturated rings. The maximum atomic E-state index is 13.0. The van der Waals surface area contributed by atoms with Crippen LogP contribution >= 0.6 is 0 Å². The van der Waals surface area contributed by atoms with Crippen molar-refractivity contribution < 1.29 is 14.7 Å². The minimum atomic E-state index is -0.954. The van der Waals surface area contributed by atoms with Gasteiger partial charge >= 0.3 is 0 Å². The van der Waals surface area contributed by atoms with Gasteiger partial charge in [-0.25, -0.2) is 0 Å². The molecule has 2 aromatic heterocycles. The number of ketones is 1. The molecule has 0 unspecified atom stereocenters. The molecule has 1 aromatic carbocycles. The number of carbonyl (C=O) groups is 2. The standard InChI is InChI=1S/C25H32N8O3/c1-15-5-6-16(11-20(34)17-7-9-18(10-8-17)25(2,3)36)13-33(15)24-29-23(21(22(26)35)30-31-24)28-19-12-27-32(4)14-19/h7-10,12,14-16,36H,5-6,11,13H2,1-4H3,(H2,26,35)(H,28,29,31)/t15-,16-/m0/s1. The molecule has 36 heavy (non-hydrogen) atoms. The Morgan fingerprint density at radius 3 is 2.53 bits per heavy atom. The number of aromatic nitrogens is 5. The van der Waals surface area contributed by atoms with E-state index < -0.39 is 11.5 Å². The van der Waals surface area contributed by atoms with Crippen molar-refractivity contribution in [2.75, 3.05) is 16.8 Å². The molecule has 3 heterocycles. The molecular weight excluding hydrogens is 460 g/mol. The quantitative estimate of drug-likeness (QED) is 0.403. The molecule has 11 nitrogen and oxygen atoms in total. The summed E-state index contributed by atoms with van der Waals surface area (Å²) in [5, 5.41) is 25.5. The Hall–Kier alpha value is -3.86. The number of nitrogens with two attached hydrogens (primary N) is 1. The van der Waals surface area contributed by atoms with E-state index in [0.717, 1.165) is 18.4 Å². The highest BCUT2D eigenvalue weighted by molar-refractivity contribution is 5.96. The van der Waals surface area contributed by atoms with Gasteiger partial charge in [-0.05, 0) is 45.1 Å². The zero-order valence-electron chi connectivity index (χ0n) is 21.0. The highest BCUT2D eigenvalue weighted by atomic mass is 16.3. The van der Waals surface area contributed by atoms with Crippen LogP contribution in [0.2, 0.25) is 0 Å². The van der Waals surface area contributed by atoms with E-state index >= 15 is 0 Å². The van der Waals surface area contributed by atoms with Crippen LogP contribution in [-0.2, 0) is 12.6 Å². The molecule has 3 aromatic rings. The number of rotatable bonds is 8. The third kappa shape index (κ3) is 5.68. The van der Waals surface area contributed by atoms with Crippen LogP contribution in [0.15, 0.2) is 36.7 Å². The smallest absolute Gasteiger partial charge is 0.273 e. The summed E-state index contributed by atoms with van der Waals surface area (Å²) in [4.78, 5) is 31.5. The van der Waals surface area contributed by atoms with Gasteiger partial charge in [0.1, 0.15) is 0 Å². The maximum Gasteiger partial charge on any atom is 0.273 e. The topological polar surface area (TPSA) is 152 Å². The number of hydrogen-bond donors (Lipinski definition) is 3. The van der Waals surface area contributed by atoms with Gasteiger partial charge in [-0.2, -0.15) is 10.1 Å². The Balaban J connectivity index is 1.50. The molecule has 0 radical (unpaired) electrons. The first kappa shape index (κ1) is 25.2. The fourth-order valence-corrected chi connectivity index (χ4v) is 4.39. The molecule has 0 saturated carbocycles. The number of amides is 1. The molecule has 1 aliphatic heterocycles. The van der Waals surface area contributed by atoms with Gasteiger partial charge in [0, 0.05) is 37.8 Å². The Kier molecular flexibility index (Phi) is 7.02. The van der Waals surface area contributed by atoms with Gasteiger partial charge < -0.3 is 21.1 Å². The first-order valence-electron chi connectivity index (χ1n) is 11.9. The third-order valence-electron chi connectivity index (χ3n) is 6.50. The van der Waals surface area contributed by atoms with Crippen molar-refractivity contribution in [2.24, 2.45) is 18.7 Å². The van der Waals surface area contributed by atoms with Crippen molar-refractivity contribution in [3.05, 3.63) is 53.5 Å². The van der Waals surface area contributed by atoms with E-state index in [1.54, 1.807) is 62.2 Å². The molecule has 2 atom stereocenters. The number of nitrogens with one attached hydrogen (secondary N) is 1. The van der Waals surface area contributed by atoms with Crippen LogP contribution in [-0.4, -0.2) is 54.3 Å². The minimum absolute atomic E-state index is 0.0545. The lowest BCUT2D eigenvalue weighted by Crippen LogP contribution is -2.43. The second-order valence-electron chi connectivity index (χ2n) is 9.91. The Labute approximate surface area is 209 Å². The van der Waals surface area contributed by atoms with Gasteiger partial charge in [-0.1, -0.05) is 24.3 Å². The molecule has 1 amide bonds. The predicted molar refractivity (Wildman–Crippen MR) is 135 cm³/mol. The molecule has 11 heteroatoms. The Morgan fingerprint density at radius 1 is 1.19 bits per heavy atom. The zero-order valence-corrected chi connectivity index (χ0v) is 21.0. The van der Waals surface area contributed by atoms with Crippen LogP contribution in [0, 0.1) is 5.92 Å². The van der Waals surface area contributed by atoms with E-state index in [4.69, 9.17) is 5.73 Å². The van der Waals surface area contributed by atoms with Crippen molar-refractivity contribution in [2.45, 2.75) is 51.7 Å². The molecule has 1 saturated heterocycles. The van der Waals surface area contributed by atoms with E-state index in [2.05, 4.69) is 32.5 Å². The first-order valence-corrected chi connectivity index (χ1v) is 11.9. The van der Waals surface area contributed by atoms with E-state index in [0.29, 0.717) is 30.2 Å². The van der Waals surface area contributed by atoms with Crippen molar-refractivity contribution in [1.82, 2.24) is 25.0 Å². The number of aliphatic hydroxyl groups is 1. The van der Waals surface area contributed by atoms with Crippen molar-refractivity contribution >= 4 is 29.1 Å². The number of nitrogens with zero attached hydrogens (tertiary/aromatic N) is 6. The predicted octanol–water partition coefficient (Wildman–Crippen LogP) is 2.55. The summed E-state index contributed by atoms with van der Waals surface area (Å²) in [6.07, 6.45) is 5.50. The summed E-state index contributed by atoms with van der Waals surface area (Å²) in [5.74, 6) is -0.00209. The first-order chi connectivity index (χ1) is 17.0. The van der Waals surface area contributed by atoms with Crippen LogP contribution in [0.1, 0.15) is 66.4 Å². The number of piperidine rings is 1. The summed E-state index contributed by atoms with van der Waals surface area (Å²) in [5.41, 5.74) is 6.49. The van der Waals surface area contributed by atoms with Gasteiger partial charge in [-0.3, -0.25) is 14.3 Å². The number of primary amides is 1. The molecule has 4 rings (SSSR count). The van der Waals surface area contributed by atoms with Crippen LogP contribution in [0.5, 0.6) is 0 Å². The van der Waals surface area contributed by atoms with Crippen LogP contribution < -0.4 is 16.0 Å². The molecule has 0 bridgehead atoms. The SMILES string of the molecule is C[C@H]1CC[C@@H](CC(=O)c2ccc(C(C)(C)O)cc2)CN1c1nnc(C(N)=O)c(Nc2cnn(C)c2)n1. The monoisotopic (exact) mass is 492 g/mol. The molecular formula is C25H32N8O3. The van der Waals surface area contributed by atoms with Crippen LogP contribution in [0.3, 0.4) is 0 Å². The molecule has 1 aliphatic rings. The highest BCUT2D eigenvalue weighted by Gasteiger charge is 2.30. The van der Waals surface area contributed by atoms with Crippen LogP contribution in [0.25, 0.3) is 0 Å². The number of Topliss-reactive ketones (excluding diaryl/α,β-unsaturated/α-hetero) is 1. The summed E-state index contributed by atoms with van der Waals surface area (Å²) in [7, 11) is 1.78. The fraction of sp³-hybridized carbons (Fsp3) is 0.440. The second kappa shape index (κ2) is 10.0. The summed E-state index contributed by atoms with van der Waals surface area (Å²) in [6.45, 7) is 6.09. The minimum Gasteiger partial charge on any atom is -0.386 e. The molecule has 4 N–H and O–H groups in total. The summed E-state index contributed by atoms with van der Waals surface area (Å²) in [6, 6.07) is 7.25. The third-order valence-corrected chi connectivity index (χ3v) is 6.50. The van der Waals surface area contributed by atoms with Gasteiger partial charge in [0.25, 0.3) is 5.91 Å². The Morgan fingerprint density at radius 2 is 1.92 bits per heavy atom. The average molecular weight is 493 g/mol. The number of anilines is 3. The van der Waals surface area contributed by atoms with E-state index in [1.807, 2.05) is 4.90 Å². The summed E-state index contributed by atoms with van der Waals surface area (Å²) < 4.78 is 1.62. The normalized spacial score (nSPS) is 18.2. The van der Waals surface area contributed by atoms with E-state index in [1.165, 1.54) is 0 Å². The molecule has 190 valence electrons. The van der Waals surface area contributed by atoms with E-state index in [9.17, 15) is 14.7 Å². The number of aryl methyl sites for hydroxylation is 1. The largest absolute Gasteiger partial charge is 0.386 e. The highest BCUT2D eigenvalue weighted by Crippen LogP contribution is 2.30. The van der Waals surface area contributed by atoms with Crippen molar-refractivity contribution in [3.63, 3.8) is 0 Å². The lowest BCUT2D eigenvalue weighted by atomic mass is 9.88.